The number of piperidine rings is 1. The van der Waals surface area contributed by atoms with Crippen molar-refractivity contribution >= 4 is 11.0 Å². The number of nitrogens with zero attached hydrogens (tertiary/aromatic N) is 1. The summed E-state index contributed by atoms with van der Waals surface area (Å²) in [7, 11) is 1.58. The van der Waals surface area contributed by atoms with Crippen molar-refractivity contribution in [3.05, 3.63) is 58.4 Å². The monoisotopic (exact) mass is 379 g/mol. The number of likely N-dealkylation sites (tertiary alicyclic amines) is 1. The molecule has 2 heterocycles. The number of aromatic hydroxyl groups is 1. The number of hydrogen-bond acceptors (Lipinski definition) is 5. The second kappa shape index (κ2) is 7.68. The van der Waals surface area contributed by atoms with E-state index < -0.39 is 0 Å². The standard InChI is InChI=1S/C23H25NO4/c1-15-7-5-6-12-24(15)13-18-20(25)11-10-17-22(26)19(14-28-23(17)18)16-8-3-4-9-21(16)27-2/h3-4,8-11,14-15,25H,5-7,12-13H2,1-2H3/t15-/m0/s1. The van der Waals surface area contributed by atoms with Crippen molar-refractivity contribution in [2.75, 3.05) is 13.7 Å². The first-order valence-corrected chi connectivity index (χ1v) is 9.74. The molecule has 0 spiro atoms. The number of para-hydroxylation sites is 1. The Balaban J connectivity index is 1.82. The van der Waals surface area contributed by atoms with Crippen LogP contribution in [0.5, 0.6) is 11.5 Å². The van der Waals surface area contributed by atoms with E-state index in [0.717, 1.165) is 19.4 Å². The minimum Gasteiger partial charge on any atom is -0.507 e. The Bertz CT molecular complexity index is 1060. The Morgan fingerprint density at radius 1 is 1.18 bits per heavy atom. The molecular weight excluding hydrogens is 354 g/mol. The van der Waals surface area contributed by atoms with Gasteiger partial charge < -0.3 is 14.3 Å². The molecule has 28 heavy (non-hydrogen) atoms. The van der Waals surface area contributed by atoms with Gasteiger partial charge in [-0.2, -0.15) is 0 Å². The van der Waals surface area contributed by atoms with Crippen molar-refractivity contribution in [1.82, 2.24) is 4.90 Å². The molecule has 5 nitrogen and oxygen atoms in total. The molecule has 0 bridgehead atoms. The molecule has 0 saturated carbocycles. The summed E-state index contributed by atoms with van der Waals surface area (Å²) in [5.41, 5.74) is 2.16. The van der Waals surface area contributed by atoms with E-state index in [4.69, 9.17) is 9.15 Å². The average Bonchev–Trinajstić information content (AvgIpc) is 2.72. The predicted molar refractivity (Wildman–Crippen MR) is 110 cm³/mol. The molecule has 1 aliphatic heterocycles. The molecule has 2 aromatic carbocycles. The van der Waals surface area contributed by atoms with Crippen LogP contribution in [0, 0.1) is 0 Å². The van der Waals surface area contributed by atoms with Crippen LogP contribution in [-0.2, 0) is 6.54 Å². The fourth-order valence-electron chi connectivity index (χ4n) is 4.05. The zero-order valence-electron chi connectivity index (χ0n) is 16.3. The van der Waals surface area contributed by atoms with Gasteiger partial charge in [0.2, 0.25) is 5.43 Å². The fourth-order valence-corrected chi connectivity index (χ4v) is 4.05. The lowest BCUT2D eigenvalue weighted by Crippen LogP contribution is -2.36. The normalized spacial score (nSPS) is 17.7. The number of hydrogen-bond donors (Lipinski definition) is 1. The SMILES string of the molecule is COc1ccccc1-c1coc2c(CN3CCCC[C@@H]3C)c(O)ccc2c1=O. The number of phenolic OH excluding ortho intramolecular Hbond substituents is 1. The highest BCUT2D eigenvalue weighted by atomic mass is 16.5. The molecule has 4 rings (SSSR count). The Morgan fingerprint density at radius 3 is 2.79 bits per heavy atom. The minimum atomic E-state index is -0.126. The quantitative estimate of drug-likeness (QED) is 0.721. The molecule has 0 unspecified atom stereocenters. The maximum Gasteiger partial charge on any atom is 0.200 e. The Labute approximate surface area is 164 Å². The largest absolute Gasteiger partial charge is 0.507 e. The van der Waals surface area contributed by atoms with Crippen LogP contribution in [0.2, 0.25) is 0 Å². The first kappa shape index (κ1) is 18.6. The second-order valence-corrected chi connectivity index (χ2v) is 7.43. The number of ether oxygens (including phenoxy) is 1. The lowest BCUT2D eigenvalue weighted by Gasteiger charge is -2.33. The van der Waals surface area contributed by atoms with Crippen molar-refractivity contribution in [3.63, 3.8) is 0 Å². The highest BCUT2D eigenvalue weighted by Crippen LogP contribution is 2.33. The Morgan fingerprint density at radius 2 is 2.00 bits per heavy atom. The molecule has 0 aliphatic carbocycles. The Kier molecular flexibility index (Phi) is 5.09. The highest BCUT2D eigenvalue weighted by molar-refractivity contribution is 5.86. The van der Waals surface area contributed by atoms with Gasteiger partial charge in [-0.1, -0.05) is 24.6 Å². The summed E-state index contributed by atoms with van der Waals surface area (Å²) in [6.45, 7) is 3.76. The van der Waals surface area contributed by atoms with Crippen molar-refractivity contribution in [3.8, 4) is 22.6 Å². The van der Waals surface area contributed by atoms with Crippen LogP contribution in [0.3, 0.4) is 0 Å². The molecule has 1 saturated heterocycles. The molecule has 1 atom stereocenters. The van der Waals surface area contributed by atoms with Crippen LogP contribution in [-0.4, -0.2) is 29.7 Å². The van der Waals surface area contributed by atoms with Crippen molar-refractivity contribution < 1.29 is 14.3 Å². The number of methoxy groups -OCH3 is 1. The van der Waals surface area contributed by atoms with Crippen molar-refractivity contribution in [2.45, 2.75) is 38.8 Å². The Hall–Kier alpha value is -2.79. The van der Waals surface area contributed by atoms with Gasteiger partial charge in [-0.15, -0.1) is 0 Å². The number of benzene rings is 2. The van der Waals surface area contributed by atoms with Crippen LogP contribution in [0.25, 0.3) is 22.1 Å². The van der Waals surface area contributed by atoms with Crippen molar-refractivity contribution in [1.29, 1.82) is 0 Å². The van der Waals surface area contributed by atoms with Gasteiger partial charge in [0.15, 0.2) is 0 Å². The smallest absolute Gasteiger partial charge is 0.200 e. The van der Waals surface area contributed by atoms with E-state index in [1.165, 1.54) is 12.7 Å². The minimum absolute atomic E-state index is 0.126. The number of phenols is 1. The van der Waals surface area contributed by atoms with Gasteiger partial charge >= 0.3 is 0 Å². The van der Waals surface area contributed by atoms with Crippen molar-refractivity contribution in [2.24, 2.45) is 0 Å². The first-order chi connectivity index (χ1) is 13.6. The van der Waals surface area contributed by atoms with Gasteiger partial charge in [0, 0.05) is 18.2 Å². The molecule has 146 valence electrons. The van der Waals surface area contributed by atoms with Gasteiger partial charge in [-0.3, -0.25) is 9.69 Å². The molecule has 1 N–H and O–H groups in total. The summed E-state index contributed by atoms with van der Waals surface area (Å²) in [6.07, 6.45) is 5.01. The lowest BCUT2D eigenvalue weighted by molar-refractivity contribution is 0.151. The van der Waals surface area contributed by atoms with Gasteiger partial charge in [-0.05, 0) is 44.5 Å². The maximum absolute atomic E-state index is 13.2. The van der Waals surface area contributed by atoms with Gasteiger partial charge in [0.25, 0.3) is 0 Å². The van der Waals surface area contributed by atoms with E-state index in [1.807, 2.05) is 24.3 Å². The fraction of sp³-hybridized carbons (Fsp3) is 0.348. The average molecular weight is 379 g/mol. The molecule has 1 aromatic heterocycles. The number of fused-ring (bicyclic) bond motifs is 1. The topological polar surface area (TPSA) is 62.9 Å². The van der Waals surface area contributed by atoms with E-state index in [2.05, 4.69) is 11.8 Å². The maximum atomic E-state index is 13.2. The molecule has 1 aliphatic rings. The molecule has 0 amide bonds. The highest BCUT2D eigenvalue weighted by Gasteiger charge is 2.22. The van der Waals surface area contributed by atoms with E-state index in [1.54, 1.807) is 19.2 Å². The zero-order valence-corrected chi connectivity index (χ0v) is 16.3. The first-order valence-electron chi connectivity index (χ1n) is 9.74. The van der Waals surface area contributed by atoms with Crippen LogP contribution < -0.4 is 10.2 Å². The third-order valence-electron chi connectivity index (χ3n) is 5.72. The van der Waals surface area contributed by atoms with Crippen LogP contribution in [0.15, 0.2) is 51.9 Å². The summed E-state index contributed by atoms with van der Waals surface area (Å²) in [4.78, 5) is 15.5. The summed E-state index contributed by atoms with van der Waals surface area (Å²) >= 11 is 0. The summed E-state index contributed by atoms with van der Waals surface area (Å²) < 4.78 is 11.3. The molecular formula is C23H25NO4. The molecule has 5 heteroatoms. The summed E-state index contributed by atoms with van der Waals surface area (Å²) in [5, 5.41) is 10.9. The van der Waals surface area contributed by atoms with E-state index in [-0.39, 0.29) is 11.2 Å². The zero-order chi connectivity index (χ0) is 19.7. The van der Waals surface area contributed by atoms with Gasteiger partial charge in [-0.25, -0.2) is 0 Å². The summed E-state index contributed by atoms with van der Waals surface area (Å²) in [6, 6.07) is 11.1. The molecule has 0 radical (unpaired) electrons. The van der Waals surface area contributed by atoms with Gasteiger partial charge in [0.05, 0.1) is 23.6 Å². The predicted octanol–water partition coefficient (Wildman–Crippen LogP) is 4.55. The van der Waals surface area contributed by atoms with Gasteiger partial charge in [0.1, 0.15) is 23.3 Å². The third-order valence-corrected chi connectivity index (χ3v) is 5.72. The molecule has 3 aromatic rings. The molecule has 1 fully saturated rings. The van der Waals surface area contributed by atoms with E-state index >= 15 is 0 Å². The van der Waals surface area contributed by atoms with Crippen LogP contribution in [0.1, 0.15) is 31.7 Å². The van der Waals surface area contributed by atoms with E-state index in [9.17, 15) is 9.90 Å². The van der Waals surface area contributed by atoms with E-state index in [0.29, 0.717) is 46.0 Å². The second-order valence-electron chi connectivity index (χ2n) is 7.43. The lowest BCUT2D eigenvalue weighted by atomic mass is 10.0. The number of rotatable bonds is 4. The van der Waals surface area contributed by atoms with Crippen LogP contribution in [0.4, 0.5) is 0 Å². The third kappa shape index (κ3) is 3.27. The van der Waals surface area contributed by atoms with Crippen LogP contribution >= 0.6 is 0 Å². The summed E-state index contributed by atoms with van der Waals surface area (Å²) in [5.74, 6) is 0.786.